The van der Waals surface area contributed by atoms with E-state index in [1.807, 2.05) is 41.0 Å². The summed E-state index contributed by atoms with van der Waals surface area (Å²) in [5.41, 5.74) is 3.04. The normalized spacial score (nSPS) is 19.8. The molecule has 2 aromatic carbocycles. The number of phenolic OH excluding ortho intramolecular Hbond substituents is 1. The molecule has 1 atom stereocenters. The highest BCUT2D eigenvalue weighted by atomic mass is 35.5. The van der Waals surface area contributed by atoms with E-state index < -0.39 is 0 Å². The molecule has 284 valence electrons. The third-order valence-corrected chi connectivity index (χ3v) is 11.5. The van der Waals surface area contributed by atoms with E-state index >= 15 is 0 Å². The first kappa shape index (κ1) is 39.2. The van der Waals surface area contributed by atoms with Crippen LogP contribution in [-0.2, 0) is 31.9 Å². The monoisotopic (exact) mass is 739 g/mol. The molecule has 12 nitrogen and oxygen atoms in total. The zero-order chi connectivity index (χ0) is 37.2. The average Bonchev–Trinajstić information content (AvgIpc) is 3.34. The van der Waals surface area contributed by atoms with Gasteiger partial charge in [-0.05, 0) is 106 Å². The Labute approximate surface area is 312 Å². The molecule has 0 aliphatic carbocycles. The summed E-state index contributed by atoms with van der Waals surface area (Å²) in [6, 6.07) is 13.2. The number of aromatic hydroxyl groups is 1. The lowest BCUT2D eigenvalue weighted by atomic mass is 9.78. The molecule has 0 radical (unpaired) electrons. The number of para-hydroxylation sites is 1. The fourth-order valence-corrected chi connectivity index (χ4v) is 8.28. The van der Waals surface area contributed by atoms with Gasteiger partial charge in [-0.2, -0.15) is 0 Å². The predicted octanol–water partition coefficient (Wildman–Crippen LogP) is 5.66. The number of phenols is 1. The van der Waals surface area contributed by atoms with E-state index in [0.29, 0.717) is 49.5 Å². The third kappa shape index (κ3) is 10.3. The van der Waals surface area contributed by atoms with Crippen LogP contribution in [0.3, 0.4) is 0 Å². The summed E-state index contributed by atoms with van der Waals surface area (Å²) in [7, 11) is 2.83. The molecule has 4 aliphatic rings. The molecular formula is C39H54ClN5O7. The number of carbonyl (C=O) groups is 4. The molecule has 6 rings (SSSR count). The van der Waals surface area contributed by atoms with E-state index in [9.17, 15) is 24.3 Å². The highest BCUT2D eigenvalue weighted by Crippen LogP contribution is 2.33. The zero-order valence-corrected chi connectivity index (χ0v) is 31.5. The third-order valence-electron chi connectivity index (χ3n) is 11.2. The van der Waals surface area contributed by atoms with Crippen molar-refractivity contribution < 1.29 is 33.8 Å². The number of nitrogens with one attached hydrogen (secondary N) is 1. The minimum Gasteiger partial charge on any atom is -0.506 e. The van der Waals surface area contributed by atoms with Gasteiger partial charge in [0.25, 0.3) is 0 Å². The maximum absolute atomic E-state index is 12.9. The van der Waals surface area contributed by atoms with Crippen molar-refractivity contribution in [1.82, 2.24) is 19.6 Å². The van der Waals surface area contributed by atoms with Gasteiger partial charge >= 0.3 is 18.1 Å². The van der Waals surface area contributed by atoms with Crippen LogP contribution in [0.25, 0.3) is 0 Å². The van der Waals surface area contributed by atoms with Crippen LogP contribution < -0.4 is 5.32 Å². The van der Waals surface area contributed by atoms with Crippen LogP contribution in [-0.4, -0.2) is 121 Å². The number of ether oxygens (including phenoxy) is 2. The summed E-state index contributed by atoms with van der Waals surface area (Å²) in [5, 5.41) is 12.9. The number of anilines is 1. The molecule has 3 saturated heterocycles. The van der Waals surface area contributed by atoms with Gasteiger partial charge in [0.15, 0.2) is 0 Å². The zero-order valence-electron chi connectivity index (χ0n) is 30.7. The van der Waals surface area contributed by atoms with E-state index in [0.717, 1.165) is 82.4 Å². The molecule has 52 heavy (non-hydrogen) atoms. The number of halogens is 1. The van der Waals surface area contributed by atoms with Gasteiger partial charge in [-0.25, -0.2) is 9.59 Å². The number of piperidine rings is 3. The number of nitrogens with zero attached hydrogens (tertiary/aromatic N) is 4. The van der Waals surface area contributed by atoms with Crippen molar-refractivity contribution in [3.8, 4) is 5.75 Å². The number of hydrogen-bond acceptors (Lipinski definition) is 8. The average molecular weight is 740 g/mol. The fourth-order valence-electron chi connectivity index (χ4n) is 8.08. The van der Waals surface area contributed by atoms with Gasteiger partial charge in [-0.1, -0.05) is 42.8 Å². The van der Waals surface area contributed by atoms with Gasteiger partial charge in [-0.3, -0.25) is 14.5 Å². The second-order valence-corrected chi connectivity index (χ2v) is 14.9. The van der Waals surface area contributed by atoms with E-state index in [2.05, 4.69) is 16.3 Å². The number of methoxy groups -OCH3 is 2. The summed E-state index contributed by atoms with van der Waals surface area (Å²) in [4.78, 5) is 56.1. The SMILES string of the molecule is COC(=O)CN1CCC(C2CCN(C(=O)[C@H](C)Cc3ccc(O)c(Cl)c3)CC2)CC1.COC(=O)N1CCC(N2CCc3ccccc3NC2=O)CC1. The predicted molar refractivity (Wildman–Crippen MR) is 199 cm³/mol. The number of rotatable bonds is 7. The lowest BCUT2D eigenvalue weighted by Gasteiger charge is -2.40. The van der Waals surface area contributed by atoms with Crippen molar-refractivity contribution in [3.05, 3.63) is 58.6 Å². The molecule has 0 saturated carbocycles. The molecule has 4 amide bonds. The first-order valence-corrected chi connectivity index (χ1v) is 19.0. The molecule has 2 aromatic rings. The highest BCUT2D eigenvalue weighted by molar-refractivity contribution is 6.32. The molecule has 13 heteroatoms. The van der Waals surface area contributed by atoms with Crippen LogP contribution in [0, 0.1) is 17.8 Å². The van der Waals surface area contributed by atoms with Crippen molar-refractivity contribution in [2.45, 2.75) is 64.3 Å². The number of esters is 1. The van der Waals surface area contributed by atoms with Crippen LogP contribution in [0.15, 0.2) is 42.5 Å². The van der Waals surface area contributed by atoms with Gasteiger partial charge in [0.05, 0.1) is 25.8 Å². The Bertz CT molecular complexity index is 1530. The summed E-state index contributed by atoms with van der Waals surface area (Å²) < 4.78 is 9.51. The van der Waals surface area contributed by atoms with Gasteiger partial charge < -0.3 is 34.6 Å². The van der Waals surface area contributed by atoms with Gasteiger partial charge in [0.2, 0.25) is 5.91 Å². The second kappa shape index (κ2) is 18.6. The summed E-state index contributed by atoms with van der Waals surface area (Å²) in [6.07, 6.45) is 7.13. The first-order chi connectivity index (χ1) is 25.1. The van der Waals surface area contributed by atoms with Crippen molar-refractivity contribution in [3.63, 3.8) is 0 Å². The van der Waals surface area contributed by atoms with Crippen molar-refractivity contribution in [2.24, 2.45) is 17.8 Å². The number of benzene rings is 2. The molecular weight excluding hydrogens is 686 g/mol. The van der Waals surface area contributed by atoms with Crippen molar-refractivity contribution >= 4 is 41.3 Å². The number of amides is 4. The number of urea groups is 1. The van der Waals surface area contributed by atoms with Crippen molar-refractivity contribution in [1.29, 1.82) is 0 Å². The Hall–Kier alpha value is -4.03. The Morgan fingerprint density at radius 3 is 2.13 bits per heavy atom. The second-order valence-electron chi connectivity index (χ2n) is 14.5. The Morgan fingerprint density at radius 1 is 0.865 bits per heavy atom. The highest BCUT2D eigenvalue weighted by Gasteiger charge is 2.33. The minimum absolute atomic E-state index is 0.0403. The number of carbonyl (C=O) groups excluding carboxylic acids is 4. The molecule has 4 aliphatic heterocycles. The van der Waals surface area contributed by atoms with Gasteiger partial charge in [0, 0.05) is 50.4 Å². The van der Waals surface area contributed by atoms with Crippen LogP contribution in [0.4, 0.5) is 15.3 Å². The lowest BCUT2D eigenvalue weighted by molar-refractivity contribution is -0.142. The largest absolute Gasteiger partial charge is 0.506 e. The quantitative estimate of drug-likeness (QED) is 0.348. The van der Waals surface area contributed by atoms with E-state index in [-0.39, 0.29) is 41.7 Å². The van der Waals surface area contributed by atoms with E-state index in [4.69, 9.17) is 21.1 Å². The van der Waals surface area contributed by atoms with Crippen LogP contribution in [0.2, 0.25) is 5.02 Å². The molecule has 0 unspecified atom stereocenters. The van der Waals surface area contributed by atoms with Crippen molar-refractivity contribution in [2.75, 3.05) is 71.9 Å². The van der Waals surface area contributed by atoms with E-state index in [1.54, 1.807) is 17.0 Å². The molecule has 0 bridgehead atoms. The number of hydrogen-bond donors (Lipinski definition) is 2. The Balaban J connectivity index is 0.000000210. The lowest BCUT2D eigenvalue weighted by Crippen LogP contribution is -2.50. The first-order valence-electron chi connectivity index (χ1n) is 18.6. The summed E-state index contributed by atoms with van der Waals surface area (Å²) in [5.74, 6) is 1.35. The molecule has 2 N–H and O–H groups in total. The molecule has 3 fully saturated rings. The van der Waals surface area contributed by atoms with Gasteiger partial charge in [-0.15, -0.1) is 0 Å². The fraction of sp³-hybridized carbons (Fsp3) is 0.590. The maximum atomic E-state index is 12.9. The van der Waals surface area contributed by atoms with Crippen LogP contribution >= 0.6 is 11.6 Å². The summed E-state index contributed by atoms with van der Waals surface area (Å²) in [6.45, 7) is 7.88. The number of likely N-dealkylation sites (tertiary alicyclic amines) is 3. The topological polar surface area (TPSA) is 132 Å². The molecule has 0 spiro atoms. The van der Waals surface area contributed by atoms with Gasteiger partial charge in [0.1, 0.15) is 5.75 Å². The molecule has 0 aromatic heterocycles. The Kier molecular flexibility index (Phi) is 14.0. The van der Waals surface area contributed by atoms with E-state index in [1.165, 1.54) is 19.8 Å². The molecule has 4 heterocycles. The minimum atomic E-state index is -0.286. The van der Waals surface area contributed by atoms with Crippen LogP contribution in [0.5, 0.6) is 5.75 Å². The maximum Gasteiger partial charge on any atom is 0.409 e. The number of fused-ring (bicyclic) bond motifs is 1. The standard InChI is InChI=1S/C23H33ClN2O4.C16H21N3O3/c1-16(13-17-3-4-21(27)20(24)14-17)23(29)26-11-7-19(8-12-26)18-5-9-25(10-6-18)15-22(28)30-2;1-22-16(21)18-9-7-13(8-10-18)19-11-6-12-4-2-3-5-14(12)17-15(19)20/h3-4,14,16,18-19,27H,5-13,15H2,1-2H3;2-5,13H,6-11H2,1H3,(H,17,20)/t16-;/m1./s1. The smallest absolute Gasteiger partial charge is 0.409 e. The van der Waals surface area contributed by atoms with Crippen LogP contribution in [0.1, 0.15) is 56.6 Å². The Morgan fingerprint density at radius 2 is 1.50 bits per heavy atom. The summed E-state index contributed by atoms with van der Waals surface area (Å²) >= 11 is 5.99.